The Morgan fingerprint density at radius 2 is 2.00 bits per heavy atom. The van der Waals surface area contributed by atoms with Crippen molar-refractivity contribution < 1.29 is 18.7 Å². The predicted octanol–water partition coefficient (Wildman–Crippen LogP) is 2.70. The molecule has 0 bridgehead atoms. The molecule has 1 atom stereocenters. The minimum Gasteiger partial charge on any atom is -0.465 e. The third kappa shape index (κ3) is 2.87. The van der Waals surface area contributed by atoms with Gasteiger partial charge in [-0.05, 0) is 26.0 Å². The number of rotatable bonds is 3. The number of carbonyl (C=O) groups is 1. The fraction of sp³-hybridized carbons (Fsp3) is 0.176. The van der Waals surface area contributed by atoms with Crippen molar-refractivity contribution in [3.8, 4) is 5.69 Å². The summed E-state index contributed by atoms with van der Waals surface area (Å²) in [6.07, 6.45) is 0.898. The summed E-state index contributed by atoms with van der Waals surface area (Å²) in [7, 11) is 0. The van der Waals surface area contributed by atoms with Crippen LogP contribution in [0.4, 0.5) is 13.6 Å². The molecule has 0 fully saturated rings. The second-order valence-electron chi connectivity index (χ2n) is 5.68. The number of benzene rings is 1. The van der Waals surface area contributed by atoms with Crippen LogP contribution in [0, 0.1) is 18.6 Å². The molecule has 7 nitrogen and oxygen atoms in total. The summed E-state index contributed by atoms with van der Waals surface area (Å²) in [6.45, 7) is 2.91. The maximum absolute atomic E-state index is 14.2. The average Bonchev–Trinajstić information content (AvgIpc) is 2.57. The number of halogens is 2. The van der Waals surface area contributed by atoms with E-state index < -0.39 is 29.3 Å². The SMILES string of the molecule is Cc1c(F)cncc1-n1c(C(C)NC(=O)O)nc2cccc(F)c2c1=O. The van der Waals surface area contributed by atoms with E-state index in [1.54, 1.807) is 0 Å². The quantitative estimate of drug-likeness (QED) is 0.748. The molecule has 0 spiro atoms. The van der Waals surface area contributed by atoms with Gasteiger partial charge in [0.05, 0.1) is 29.6 Å². The van der Waals surface area contributed by atoms with Crippen molar-refractivity contribution in [3.05, 3.63) is 64.0 Å². The number of nitrogens with one attached hydrogen (secondary N) is 1. The molecule has 1 unspecified atom stereocenters. The summed E-state index contributed by atoms with van der Waals surface area (Å²) in [6, 6.07) is 3.03. The Labute approximate surface area is 145 Å². The predicted molar refractivity (Wildman–Crippen MR) is 89.4 cm³/mol. The normalized spacial score (nSPS) is 12.2. The van der Waals surface area contributed by atoms with Gasteiger partial charge in [0.15, 0.2) is 0 Å². The Bertz CT molecular complexity index is 1080. The number of carboxylic acid groups (broad SMARTS) is 1. The minimum atomic E-state index is -1.33. The lowest BCUT2D eigenvalue weighted by molar-refractivity contribution is 0.190. The van der Waals surface area contributed by atoms with Crippen LogP contribution in [0.3, 0.4) is 0 Å². The summed E-state index contributed by atoms with van der Waals surface area (Å²) >= 11 is 0. The number of hydrogen-bond donors (Lipinski definition) is 2. The zero-order chi connectivity index (χ0) is 19.0. The van der Waals surface area contributed by atoms with Crippen LogP contribution in [0.5, 0.6) is 0 Å². The number of nitrogens with zero attached hydrogens (tertiary/aromatic N) is 3. The number of aromatic nitrogens is 3. The van der Waals surface area contributed by atoms with Crippen molar-refractivity contribution in [1.82, 2.24) is 19.9 Å². The Morgan fingerprint density at radius 1 is 1.27 bits per heavy atom. The van der Waals surface area contributed by atoms with Crippen LogP contribution < -0.4 is 10.9 Å². The molecule has 2 N–H and O–H groups in total. The molecule has 0 aliphatic heterocycles. The lowest BCUT2D eigenvalue weighted by atomic mass is 10.1. The molecule has 2 heterocycles. The van der Waals surface area contributed by atoms with Crippen molar-refractivity contribution in [2.75, 3.05) is 0 Å². The van der Waals surface area contributed by atoms with Crippen LogP contribution in [0.1, 0.15) is 24.4 Å². The summed E-state index contributed by atoms with van der Waals surface area (Å²) in [5.74, 6) is -1.44. The second-order valence-corrected chi connectivity index (χ2v) is 5.68. The molecule has 26 heavy (non-hydrogen) atoms. The zero-order valence-corrected chi connectivity index (χ0v) is 13.8. The van der Waals surface area contributed by atoms with Crippen LogP contribution in [-0.2, 0) is 0 Å². The summed E-state index contributed by atoms with van der Waals surface area (Å²) in [5, 5.41) is 10.9. The summed E-state index contributed by atoms with van der Waals surface area (Å²) < 4.78 is 29.1. The van der Waals surface area contributed by atoms with E-state index in [1.165, 1.54) is 32.2 Å². The van der Waals surface area contributed by atoms with Crippen LogP contribution in [0.2, 0.25) is 0 Å². The topological polar surface area (TPSA) is 97.1 Å². The Balaban J connectivity index is 2.43. The van der Waals surface area contributed by atoms with E-state index in [-0.39, 0.29) is 28.0 Å². The zero-order valence-electron chi connectivity index (χ0n) is 13.8. The molecular formula is C17H14F2N4O3. The van der Waals surface area contributed by atoms with Crippen molar-refractivity contribution in [2.45, 2.75) is 19.9 Å². The van der Waals surface area contributed by atoms with Gasteiger partial charge in [0.1, 0.15) is 22.8 Å². The van der Waals surface area contributed by atoms with Gasteiger partial charge >= 0.3 is 6.09 Å². The van der Waals surface area contributed by atoms with E-state index in [1.807, 2.05) is 0 Å². The fourth-order valence-corrected chi connectivity index (χ4v) is 2.69. The van der Waals surface area contributed by atoms with Crippen molar-refractivity contribution in [1.29, 1.82) is 0 Å². The summed E-state index contributed by atoms with van der Waals surface area (Å²) in [4.78, 5) is 32.0. The van der Waals surface area contributed by atoms with E-state index in [2.05, 4.69) is 15.3 Å². The second kappa shape index (κ2) is 6.51. The molecule has 0 radical (unpaired) electrons. The highest BCUT2D eigenvalue weighted by Crippen LogP contribution is 2.22. The molecule has 3 aromatic rings. The fourth-order valence-electron chi connectivity index (χ4n) is 2.69. The molecule has 0 saturated carbocycles. The molecule has 3 rings (SSSR count). The van der Waals surface area contributed by atoms with Crippen molar-refractivity contribution in [2.24, 2.45) is 0 Å². The van der Waals surface area contributed by atoms with E-state index >= 15 is 0 Å². The Hall–Kier alpha value is -3.36. The number of amides is 1. The standard InChI is InChI=1S/C17H14F2N4O3/c1-8-11(19)6-20-7-13(8)23-15(9(2)21-17(25)26)22-12-5-3-4-10(18)14(12)16(23)24/h3-7,9,21H,1-2H3,(H,25,26). The highest BCUT2D eigenvalue weighted by Gasteiger charge is 2.22. The molecular weight excluding hydrogens is 346 g/mol. The first-order valence-electron chi connectivity index (χ1n) is 7.62. The van der Waals surface area contributed by atoms with Crippen LogP contribution in [0.25, 0.3) is 16.6 Å². The van der Waals surface area contributed by atoms with E-state index in [0.717, 1.165) is 16.8 Å². The first-order chi connectivity index (χ1) is 12.3. The molecule has 0 aliphatic carbocycles. The highest BCUT2D eigenvalue weighted by atomic mass is 19.1. The van der Waals surface area contributed by atoms with Gasteiger partial charge < -0.3 is 10.4 Å². The molecule has 0 saturated heterocycles. The third-order valence-electron chi connectivity index (χ3n) is 3.97. The van der Waals surface area contributed by atoms with Gasteiger partial charge in [0, 0.05) is 5.56 Å². The molecule has 9 heteroatoms. The lowest BCUT2D eigenvalue weighted by Gasteiger charge is -2.19. The Kier molecular flexibility index (Phi) is 4.37. The molecule has 1 amide bonds. The number of hydrogen-bond acceptors (Lipinski definition) is 4. The maximum Gasteiger partial charge on any atom is 0.405 e. The van der Waals surface area contributed by atoms with Gasteiger partial charge in [-0.1, -0.05) is 6.07 Å². The maximum atomic E-state index is 14.2. The van der Waals surface area contributed by atoms with Crippen LogP contribution in [-0.4, -0.2) is 25.7 Å². The van der Waals surface area contributed by atoms with Gasteiger partial charge in [-0.3, -0.25) is 14.3 Å². The average molecular weight is 360 g/mol. The minimum absolute atomic E-state index is 0.00833. The van der Waals surface area contributed by atoms with Crippen LogP contribution in [0.15, 0.2) is 35.4 Å². The molecule has 0 aliphatic rings. The van der Waals surface area contributed by atoms with Gasteiger partial charge in [0.2, 0.25) is 0 Å². The van der Waals surface area contributed by atoms with Crippen molar-refractivity contribution >= 4 is 17.0 Å². The Morgan fingerprint density at radius 3 is 2.69 bits per heavy atom. The smallest absolute Gasteiger partial charge is 0.405 e. The van der Waals surface area contributed by atoms with Gasteiger partial charge in [0.25, 0.3) is 5.56 Å². The number of fused-ring (bicyclic) bond motifs is 1. The molecule has 1 aromatic carbocycles. The largest absolute Gasteiger partial charge is 0.465 e. The molecule has 134 valence electrons. The van der Waals surface area contributed by atoms with E-state index in [4.69, 9.17) is 5.11 Å². The van der Waals surface area contributed by atoms with Crippen molar-refractivity contribution in [3.63, 3.8) is 0 Å². The van der Waals surface area contributed by atoms with Gasteiger partial charge in [-0.25, -0.2) is 18.6 Å². The highest BCUT2D eigenvalue weighted by molar-refractivity contribution is 5.79. The first-order valence-corrected chi connectivity index (χ1v) is 7.62. The monoisotopic (exact) mass is 360 g/mol. The van der Waals surface area contributed by atoms with Crippen LogP contribution >= 0.6 is 0 Å². The van der Waals surface area contributed by atoms with E-state index in [0.29, 0.717) is 0 Å². The third-order valence-corrected chi connectivity index (χ3v) is 3.97. The summed E-state index contributed by atoms with van der Waals surface area (Å²) in [5.41, 5.74) is -0.551. The first kappa shape index (κ1) is 17.5. The molecule has 2 aromatic heterocycles. The lowest BCUT2D eigenvalue weighted by Crippen LogP contribution is -2.33. The van der Waals surface area contributed by atoms with E-state index in [9.17, 15) is 18.4 Å². The number of pyridine rings is 1. The van der Waals surface area contributed by atoms with Gasteiger partial charge in [-0.15, -0.1) is 0 Å². The van der Waals surface area contributed by atoms with Gasteiger partial charge in [-0.2, -0.15) is 0 Å².